The lowest BCUT2D eigenvalue weighted by Crippen LogP contribution is -2.18. The zero-order valence-corrected chi connectivity index (χ0v) is 12.1. The summed E-state index contributed by atoms with van der Waals surface area (Å²) in [6, 6.07) is 1.60. The third-order valence-electron chi connectivity index (χ3n) is 2.11. The topological polar surface area (TPSA) is 96.4 Å². The summed E-state index contributed by atoms with van der Waals surface area (Å²) in [5.74, 6) is -1.02. The number of nitrogens with zero attached hydrogens (tertiary/aromatic N) is 1. The van der Waals surface area contributed by atoms with E-state index in [9.17, 15) is 13.2 Å². The minimum absolute atomic E-state index is 0.0696. The van der Waals surface area contributed by atoms with E-state index in [4.69, 9.17) is 5.11 Å². The summed E-state index contributed by atoms with van der Waals surface area (Å²) in [7, 11) is -3.55. The Labute approximate surface area is 114 Å². The van der Waals surface area contributed by atoms with Gasteiger partial charge in [0, 0.05) is 17.1 Å². The first-order valence-electron chi connectivity index (χ1n) is 5.14. The van der Waals surface area contributed by atoms with Gasteiger partial charge in [-0.15, -0.1) is 0 Å². The molecule has 100 valence electrons. The zero-order chi connectivity index (χ0) is 13.8. The predicted molar refractivity (Wildman–Crippen MR) is 71.0 cm³/mol. The van der Waals surface area contributed by atoms with Crippen LogP contribution in [0.5, 0.6) is 0 Å². The van der Waals surface area contributed by atoms with Crippen LogP contribution in [0.25, 0.3) is 0 Å². The summed E-state index contributed by atoms with van der Waals surface area (Å²) < 4.78 is 26.3. The Hall–Kier alpha value is -1.15. The number of rotatable bonds is 6. The minimum atomic E-state index is -3.55. The number of halogens is 1. The monoisotopic (exact) mass is 336 g/mol. The molecule has 0 saturated carbocycles. The number of sulfonamides is 1. The molecular weight excluding hydrogens is 324 g/mol. The number of carboxylic acids is 1. The molecule has 0 bridgehead atoms. The smallest absolute Gasteiger partial charge is 0.303 e. The molecule has 18 heavy (non-hydrogen) atoms. The number of aliphatic carboxylic acids is 1. The molecule has 1 rings (SSSR count). The molecule has 0 saturated heterocycles. The van der Waals surface area contributed by atoms with Crippen LogP contribution >= 0.6 is 15.9 Å². The third kappa shape index (κ3) is 5.01. The number of carbonyl (C=O) groups is 1. The second-order valence-corrected chi connectivity index (χ2v) is 6.43. The van der Waals surface area contributed by atoms with Gasteiger partial charge in [0.25, 0.3) is 0 Å². The number of pyridine rings is 1. The molecule has 1 heterocycles. The molecule has 0 aliphatic rings. The van der Waals surface area contributed by atoms with E-state index in [1.54, 1.807) is 6.07 Å². The van der Waals surface area contributed by atoms with Crippen LogP contribution in [0.15, 0.2) is 16.7 Å². The quantitative estimate of drug-likeness (QED) is 0.824. The highest BCUT2D eigenvalue weighted by atomic mass is 79.9. The van der Waals surface area contributed by atoms with Crippen molar-refractivity contribution in [3.63, 3.8) is 0 Å². The summed E-state index contributed by atoms with van der Waals surface area (Å²) in [6.07, 6.45) is 1.40. The average Bonchev–Trinajstić information content (AvgIpc) is 2.22. The maximum absolute atomic E-state index is 11.6. The van der Waals surface area contributed by atoms with Gasteiger partial charge < -0.3 is 5.11 Å². The molecule has 0 spiro atoms. The molecule has 1 aromatic rings. The van der Waals surface area contributed by atoms with Gasteiger partial charge in [-0.3, -0.25) is 9.52 Å². The van der Waals surface area contributed by atoms with Crippen LogP contribution < -0.4 is 4.72 Å². The first kappa shape index (κ1) is 14.9. The molecule has 0 aromatic carbocycles. The Balaban J connectivity index is 2.64. The molecular formula is C10H13BrN2O4S. The highest BCUT2D eigenvalue weighted by Gasteiger charge is 2.12. The molecule has 0 aliphatic heterocycles. The number of aromatic nitrogens is 1. The second-order valence-electron chi connectivity index (χ2n) is 3.74. The van der Waals surface area contributed by atoms with Crippen molar-refractivity contribution in [2.24, 2.45) is 0 Å². The zero-order valence-electron chi connectivity index (χ0n) is 9.68. The number of nitrogens with one attached hydrogen (secondary N) is 1. The summed E-state index contributed by atoms with van der Waals surface area (Å²) >= 11 is 3.26. The van der Waals surface area contributed by atoms with Gasteiger partial charge in [0.2, 0.25) is 10.0 Å². The van der Waals surface area contributed by atoms with Gasteiger partial charge in [-0.1, -0.05) is 0 Å². The van der Waals surface area contributed by atoms with E-state index in [0.717, 1.165) is 10.0 Å². The van der Waals surface area contributed by atoms with Crippen molar-refractivity contribution in [2.75, 3.05) is 10.5 Å². The van der Waals surface area contributed by atoms with Crippen LogP contribution in [0.2, 0.25) is 0 Å². The van der Waals surface area contributed by atoms with Crippen molar-refractivity contribution in [3.05, 3.63) is 22.3 Å². The van der Waals surface area contributed by atoms with Crippen LogP contribution in [-0.2, 0) is 14.8 Å². The molecule has 0 unspecified atom stereocenters. The Morgan fingerprint density at radius 3 is 2.78 bits per heavy atom. The predicted octanol–water partition coefficient (Wildman–Crippen LogP) is 1.76. The van der Waals surface area contributed by atoms with E-state index in [1.807, 2.05) is 6.92 Å². The highest BCUT2D eigenvalue weighted by Crippen LogP contribution is 2.18. The summed E-state index contributed by atoms with van der Waals surface area (Å²) in [5, 5.41) is 8.43. The van der Waals surface area contributed by atoms with Crippen molar-refractivity contribution in [3.8, 4) is 0 Å². The van der Waals surface area contributed by atoms with Crippen molar-refractivity contribution in [2.45, 2.75) is 19.8 Å². The van der Waals surface area contributed by atoms with Gasteiger partial charge in [0.15, 0.2) is 0 Å². The van der Waals surface area contributed by atoms with Gasteiger partial charge in [-0.25, -0.2) is 13.4 Å². The number of anilines is 1. The lowest BCUT2D eigenvalue weighted by atomic mass is 10.3. The van der Waals surface area contributed by atoms with Crippen molar-refractivity contribution in [1.29, 1.82) is 0 Å². The summed E-state index contributed by atoms with van der Waals surface area (Å²) in [5.41, 5.74) is 0.855. The molecule has 0 radical (unpaired) electrons. The van der Waals surface area contributed by atoms with E-state index >= 15 is 0 Å². The van der Waals surface area contributed by atoms with Crippen molar-refractivity contribution < 1.29 is 18.3 Å². The molecule has 0 atom stereocenters. The molecule has 0 aliphatic carbocycles. The van der Waals surface area contributed by atoms with Crippen LogP contribution in [0.1, 0.15) is 18.4 Å². The SMILES string of the molecule is Cc1cc(NS(=O)(=O)CCCC(=O)O)ncc1Br. The number of carboxylic acid groups (broad SMARTS) is 1. The van der Waals surface area contributed by atoms with E-state index in [2.05, 4.69) is 25.6 Å². The van der Waals surface area contributed by atoms with E-state index in [-0.39, 0.29) is 24.4 Å². The standard InChI is InChI=1S/C10H13BrN2O4S/c1-7-5-9(12-6-8(7)11)13-18(16,17)4-2-3-10(14)15/h5-6H,2-4H2,1H3,(H,12,13)(H,14,15). The normalized spacial score (nSPS) is 11.2. The molecule has 1 aromatic heterocycles. The van der Waals surface area contributed by atoms with Crippen LogP contribution in [0.4, 0.5) is 5.82 Å². The molecule has 0 fully saturated rings. The molecule has 2 N–H and O–H groups in total. The summed E-state index contributed by atoms with van der Waals surface area (Å²) in [6.45, 7) is 1.81. The Bertz CT molecular complexity index is 545. The van der Waals surface area contributed by atoms with Gasteiger partial charge in [0.1, 0.15) is 5.82 Å². The van der Waals surface area contributed by atoms with Crippen LogP contribution in [0, 0.1) is 6.92 Å². The highest BCUT2D eigenvalue weighted by molar-refractivity contribution is 9.10. The molecule has 8 heteroatoms. The van der Waals surface area contributed by atoms with Crippen LogP contribution in [-0.4, -0.2) is 30.2 Å². The maximum Gasteiger partial charge on any atom is 0.303 e. The van der Waals surface area contributed by atoms with Gasteiger partial charge >= 0.3 is 5.97 Å². The third-order valence-corrected chi connectivity index (χ3v) is 4.29. The largest absolute Gasteiger partial charge is 0.481 e. The lowest BCUT2D eigenvalue weighted by molar-refractivity contribution is -0.137. The fourth-order valence-corrected chi connectivity index (χ4v) is 2.49. The van der Waals surface area contributed by atoms with Crippen LogP contribution in [0.3, 0.4) is 0 Å². The van der Waals surface area contributed by atoms with E-state index in [0.29, 0.717) is 0 Å². The first-order valence-corrected chi connectivity index (χ1v) is 7.59. The Kier molecular flexibility index (Phi) is 5.09. The summed E-state index contributed by atoms with van der Waals surface area (Å²) in [4.78, 5) is 14.2. The number of aryl methyl sites for hydroxylation is 1. The van der Waals surface area contributed by atoms with Crippen molar-refractivity contribution >= 4 is 37.7 Å². The second kappa shape index (κ2) is 6.14. The lowest BCUT2D eigenvalue weighted by Gasteiger charge is -2.07. The Morgan fingerprint density at radius 1 is 1.56 bits per heavy atom. The van der Waals surface area contributed by atoms with E-state index in [1.165, 1.54) is 6.20 Å². The van der Waals surface area contributed by atoms with Gasteiger partial charge in [-0.2, -0.15) is 0 Å². The van der Waals surface area contributed by atoms with Crippen molar-refractivity contribution in [1.82, 2.24) is 4.98 Å². The molecule has 0 amide bonds. The number of hydrogen-bond donors (Lipinski definition) is 2. The average molecular weight is 337 g/mol. The van der Waals surface area contributed by atoms with Gasteiger partial charge in [0.05, 0.1) is 5.75 Å². The van der Waals surface area contributed by atoms with Gasteiger partial charge in [-0.05, 0) is 40.9 Å². The minimum Gasteiger partial charge on any atom is -0.481 e. The molecule has 6 nitrogen and oxygen atoms in total. The first-order chi connectivity index (χ1) is 8.30. The fraction of sp³-hybridized carbons (Fsp3) is 0.400. The number of hydrogen-bond acceptors (Lipinski definition) is 4. The fourth-order valence-electron chi connectivity index (χ4n) is 1.22. The maximum atomic E-state index is 11.6. The Morgan fingerprint density at radius 2 is 2.22 bits per heavy atom. The van der Waals surface area contributed by atoms with E-state index < -0.39 is 16.0 Å².